The Labute approximate surface area is 154 Å². The Morgan fingerprint density at radius 1 is 1.12 bits per heavy atom. The zero-order valence-corrected chi connectivity index (χ0v) is 17.0. The first-order valence-corrected chi connectivity index (χ1v) is 10.8. The van der Waals surface area contributed by atoms with Crippen molar-refractivity contribution in [2.75, 3.05) is 0 Å². The number of Topliss-reactive ketones (excluding diaryl/α,β-unsaturated/α-hetero) is 1. The highest BCUT2D eigenvalue weighted by molar-refractivity contribution is 5.84. The van der Waals surface area contributed by atoms with E-state index in [-0.39, 0.29) is 17.4 Å². The standard InChI is InChI=1S/C22H40O3/c1-5-7-9-10-11-12-17-18-13-15-22(24,21(3,4)14-8-6-2)25-20(18)16-19(17)23/h17-18,20,24H,5-16H2,1-4H3/t17-,18-,20-,22?/m1/s1. The van der Waals surface area contributed by atoms with Gasteiger partial charge in [-0.25, -0.2) is 0 Å². The summed E-state index contributed by atoms with van der Waals surface area (Å²) < 4.78 is 6.24. The molecule has 1 aliphatic carbocycles. The summed E-state index contributed by atoms with van der Waals surface area (Å²) in [6, 6.07) is 0. The normalized spacial score (nSPS) is 32.8. The van der Waals surface area contributed by atoms with Crippen LogP contribution in [0.2, 0.25) is 0 Å². The van der Waals surface area contributed by atoms with E-state index in [1.165, 1.54) is 25.7 Å². The molecular weight excluding hydrogens is 312 g/mol. The quantitative estimate of drug-likeness (QED) is 0.518. The molecule has 1 heterocycles. The van der Waals surface area contributed by atoms with Gasteiger partial charge in [0.25, 0.3) is 0 Å². The zero-order chi connectivity index (χ0) is 18.5. The van der Waals surface area contributed by atoms with Crippen molar-refractivity contribution in [2.45, 2.75) is 117 Å². The second kappa shape index (κ2) is 8.99. The molecule has 0 radical (unpaired) electrons. The van der Waals surface area contributed by atoms with Crippen LogP contribution in [0.3, 0.4) is 0 Å². The summed E-state index contributed by atoms with van der Waals surface area (Å²) in [5, 5.41) is 11.2. The second-order valence-corrected chi connectivity index (χ2v) is 9.11. The molecule has 0 amide bonds. The molecule has 0 bridgehead atoms. The molecule has 0 aromatic carbocycles. The molecule has 146 valence electrons. The number of ketones is 1. The summed E-state index contributed by atoms with van der Waals surface area (Å²) in [6.07, 6.45) is 12.5. The molecule has 4 atom stereocenters. The van der Waals surface area contributed by atoms with Crippen molar-refractivity contribution in [3.63, 3.8) is 0 Å². The van der Waals surface area contributed by atoms with Crippen LogP contribution in [0.15, 0.2) is 0 Å². The first-order valence-electron chi connectivity index (χ1n) is 10.8. The molecule has 0 aromatic heterocycles. The topological polar surface area (TPSA) is 46.5 Å². The van der Waals surface area contributed by atoms with Crippen molar-refractivity contribution in [3.8, 4) is 0 Å². The minimum absolute atomic E-state index is 0.0622. The van der Waals surface area contributed by atoms with Crippen LogP contribution >= 0.6 is 0 Å². The van der Waals surface area contributed by atoms with Gasteiger partial charge >= 0.3 is 0 Å². The molecule has 3 nitrogen and oxygen atoms in total. The van der Waals surface area contributed by atoms with Crippen LogP contribution in [0.4, 0.5) is 0 Å². The lowest BCUT2D eigenvalue weighted by molar-refractivity contribution is -0.316. The smallest absolute Gasteiger partial charge is 0.170 e. The third-order valence-corrected chi connectivity index (χ3v) is 6.80. The lowest BCUT2D eigenvalue weighted by atomic mass is 9.72. The van der Waals surface area contributed by atoms with Gasteiger partial charge in [-0.3, -0.25) is 4.79 Å². The second-order valence-electron chi connectivity index (χ2n) is 9.11. The minimum Gasteiger partial charge on any atom is -0.365 e. The van der Waals surface area contributed by atoms with Crippen molar-refractivity contribution >= 4 is 5.78 Å². The summed E-state index contributed by atoms with van der Waals surface area (Å²) in [5.41, 5.74) is -0.255. The van der Waals surface area contributed by atoms with E-state index < -0.39 is 5.79 Å². The molecule has 3 heteroatoms. The van der Waals surface area contributed by atoms with Gasteiger partial charge in [0.15, 0.2) is 5.79 Å². The van der Waals surface area contributed by atoms with Gasteiger partial charge in [0.1, 0.15) is 5.78 Å². The van der Waals surface area contributed by atoms with Gasteiger partial charge in [-0.1, -0.05) is 72.6 Å². The Hall–Kier alpha value is -0.410. The van der Waals surface area contributed by atoms with E-state index in [4.69, 9.17) is 4.74 Å². The Bertz CT molecular complexity index is 431. The van der Waals surface area contributed by atoms with Crippen LogP contribution in [0.5, 0.6) is 0 Å². The number of rotatable bonds is 10. The fraction of sp³-hybridized carbons (Fsp3) is 0.955. The maximum absolute atomic E-state index is 12.5. The molecule has 2 rings (SSSR count). The fourth-order valence-corrected chi connectivity index (χ4v) is 4.84. The number of ether oxygens (including phenoxy) is 1. The van der Waals surface area contributed by atoms with Gasteiger partial charge in [-0.05, 0) is 25.2 Å². The van der Waals surface area contributed by atoms with Crippen LogP contribution in [0.25, 0.3) is 0 Å². The van der Waals surface area contributed by atoms with Gasteiger partial charge in [-0.15, -0.1) is 0 Å². The van der Waals surface area contributed by atoms with Crippen LogP contribution < -0.4 is 0 Å². The molecular formula is C22H40O3. The number of carbonyl (C=O) groups excluding carboxylic acids is 1. The maximum Gasteiger partial charge on any atom is 0.170 e. The maximum atomic E-state index is 12.5. The van der Waals surface area contributed by atoms with Crippen molar-refractivity contribution < 1.29 is 14.6 Å². The van der Waals surface area contributed by atoms with Crippen LogP contribution in [-0.2, 0) is 9.53 Å². The van der Waals surface area contributed by atoms with Crippen LogP contribution in [0.1, 0.15) is 105 Å². The number of carbonyl (C=O) groups is 1. The van der Waals surface area contributed by atoms with Crippen LogP contribution in [0, 0.1) is 17.3 Å². The fourth-order valence-electron chi connectivity index (χ4n) is 4.84. The summed E-state index contributed by atoms with van der Waals surface area (Å²) >= 11 is 0. The first-order chi connectivity index (χ1) is 11.8. The summed E-state index contributed by atoms with van der Waals surface area (Å²) in [6.45, 7) is 8.64. The highest BCUT2D eigenvalue weighted by Gasteiger charge is 2.54. The number of aliphatic hydroxyl groups is 1. The van der Waals surface area contributed by atoms with Crippen LogP contribution in [-0.4, -0.2) is 22.8 Å². The third kappa shape index (κ3) is 4.86. The zero-order valence-electron chi connectivity index (χ0n) is 17.0. The van der Waals surface area contributed by atoms with E-state index in [1.54, 1.807) is 0 Å². The molecule has 0 spiro atoms. The molecule has 1 unspecified atom stereocenters. The molecule has 1 N–H and O–H groups in total. The van der Waals surface area contributed by atoms with Gasteiger partial charge in [0, 0.05) is 24.2 Å². The van der Waals surface area contributed by atoms with Gasteiger partial charge in [0.2, 0.25) is 0 Å². The van der Waals surface area contributed by atoms with Gasteiger partial charge in [0.05, 0.1) is 6.10 Å². The van der Waals surface area contributed by atoms with Gasteiger partial charge < -0.3 is 9.84 Å². The average molecular weight is 353 g/mol. The number of hydrogen-bond acceptors (Lipinski definition) is 3. The minimum atomic E-state index is -1.07. The van der Waals surface area contributed by atoms with E-state index in [9.17, 15) is 9.90 Å². The van der Waals surface area contributed by atoms with E-state index in [2.05, 4.69) is 27.7 Å². The SMILES string of the molecule is CCCCCCC[C@H]1C(=O)C[C@H]2OC(O)(C(C)(C)CCCC)CC[C@@H]21. The average Bonchev–Trinajstić information content (AvgIpc) is 2.87. The molecule has 1 saturated heterocycles. The van der Waals surface area contributed by atoms with Crippen molar-refractivity contribution in [1.82, 2.24) is 0 Å². The van der Waals surface area contributed by atoms with E-state index in [1.807, 2.05) is 0 Å². The Morgan fingerprint density at radius 2 is 1.80 bits per heavy atom. The lowest BCUT2D eigenvalue weighted by Gasteiger charge is -2.48. The van der Waals surface area contributed by atoms with Crippen molar-refractivity contribution in [2.24, 2.45) is 17.3 Å². The number of hydrogen-bond donors (Lipinski definition) is 1. The van der Waals surface area contributed by atoms with E-state index in [0.717, 1.165) is 38.5 Å². The highest BCUT2D eigenvalue weighted by Crippen LogP contribution is 2.50. The van der Waals surface area contributed by atoms with E-state index >= 15 is 0 Å². The van der Waals surface area contributed by atoms with Gasteiger partial charge in [-0.2, -0.15) is 0 Å². The molecule has 25 heavy (non-hydrogen) atoms. The Morgan fingerprint density at radius 3 is 2.48 bits per heavy atom. The number of unbranched alkanes of at least 4 members (excludes halogenated alkanes) is 5. The first kappa shape index (κ1) is 20.9. The largest absolute Gasteiger partial charge is 0.365 e. The van der Waals surface area contributed by atoms with Crippen molar-refractivity contribution in [3.05, 3.63) is 0 Å². The predicted molar refractivity (Wildman–Crippen MR) is 102 cm³/mol. The third-order valence-electron chi connectivity index (χ3n) is 6.80. The van der Waals surface area contributed by atoms with E-state index in [0.29, 0.717) is 24.5 Å². The lowest BCUT2D eigenvalue weighted by Crippen LogP contribution is -2.53. The monoisotopic (exact) mass is 352 g/mol. The molecule has 2 aliphatic rings. The molecule has 0 aromatic rings. The Kier molecular flexibility index (Phi) is 7.52. The summed E-state index contributed by atoms with van der Waals surface area (Å²) in [7, 11) is 0. The molecule has 1 saturated carbocycles. The highest BCUT2D eigenvalue weighted by atomic mass is 16.6. The predicted octanol–water partition coefficient (Wildman–Crippen LogP) is 5.64. The molecule has 2 fully saturated rings. The number of fused-ring (bicyclic) bond motifs is 1. The Balaban J connectivity index is 1.91. The summed E-state index contributed by atoms with van der Waals surface area (Å²) in [5.74, 6) is -0.184. The van der Waals surface area contributed by atoms with Crippen molar-refractivity contribution in [1.29, 1.82) is 0 Å². The summed E-state index contributed by atoms with van der Waals surface area (Å²) in [4.78, 5) is 12.5. The molecule has 1 aliphatic heterocycles.